The standard InChI is InChI=1S/C18H24ClNO2/c19-14-8-5-9-15(12-14)20-18(21)17-16(10-11-22-17)13-6-3-1-2-4-7-13/h5,8-9,12-13,16-17H,1-4,6-7,10-11H2,(H,20,21). The number of carbonyl (C=O) groups excluding carboxylic acids is 1. The van der Waals surface area contributed by atoms with E-state index in [9.17, 15) is 4.79 Å². The summed E-state index contributed by atoms with van der Waals surface area (Å²) in [6.45, 7) is 0.703. The van der Waals surface area contributed by atoms with Gasteiger partial charge in [-0.05, 0) is 36.5 Å². The smallest absolute Gasteiger partial charge is 0.253 e. The van der Waals surface area contributed by atoms with Gasteiger partial charge in [0, 0.05) is 17.3 Å². The van der Waals surface area contributed by atoms with Gasteiger partial charge in [0.05, 0.1) is 0 Å². The molecule has 2 fully saturated rings. The second-order valence-electron chi connectivity index (χ2n) is 6.50. The molecule has 0 bridgehead atoms. The summed E-state index contributed by atoms with van der Waals surface area (Å²) in [6, 6.07) is 7.28. The molecule has 1 saturated carbocycles. The average Bonchev–Trinajstić information content (AvgIpc) is 2.83. The summed E-state index contributed by atoms with van der Waals surface area (Å²) in [4.78, 5) is 12.6. The number of carbonyl (C=O) groups is 1. The maximum absolute atomic E-state index is 12.6. The van der Waals surface area contributed by atoms with Gasteiger partial charge in [-0.2, -0.15) is 0 Å². The highest BCUT2D eigenvalue weighted by Gasteiger charge is 2.39. The van der Waals surface area contributed by atoms with Crippen LogP contribution in [0, 0.1) is 11.8 Å². The normalized spacial score (nSPS) is 26.6. The van der Waals surface area contributed by atoms with Crippen LogP contribution in [-0.4, -0.2) is 18.6 Å². The predicted molar refractivity (Wildman–Crippen MR) is 89.1 cm³/mol. The van der Waals surface area contributed by atoms with Crippen molar-refractivity contribution in [3.8, 4) is 0 Å². The second kappa shape index (κ2) is 7.47. The summed E-state index contributed by atoms with van der Waals surface area (Å²) in [7, 11) is 0. The monoisotopic (exact) mass is 321 g/mol. The van der Waals surface area contributed by atoms with Gasteiger partial charge in [0.15, 0.2) is 0 Å². The molecule has 1 amide bonds. The van der Waals surface area contributed by atoms with Crippen LogP contribution in [0.3, 0.4) is 0 Å². The van der Waals surface area contributed by atoms with Gasteiger partial charge in [0.25, 0.3) is 5.91 Å². The lowest BCUT2D eigenvalue weighted by atomic mass is 9.81. The molecule has 1 aliphatic carbocycles. The van der Waals surface area contributed by atoms with Crippen molar-refractivity contribution in [2.45, 2.75) is 51.0 Å². The molecule has 1 saturated heterocycles. The van der Waals surface area contributed by atoms with Crippen molar-refractivity contribution >= 4 is 23.2 Å². The van der Waals surface area contributed by atoms with Crippen molar-refractivity contribution in [2.75, 3.05) is 11.9 Å². The van der Waals surface area contributed by atoms with Crippen molar-refractivity contribution < 1.29 is 9.53 Å². The molecule has 1 aliphatic heterocycles. The predicted octanol–water partition coefficient (Wildman–Crippen LogP) is 4.65. The Morgan fingerprint density at radius 2 is 1.91 bits per heavy atom. The van der Waals surface area contributed by atoms with Crippen molar-refractivity contribution in [3.63, 3.8) is 0 Å². The minimum absolute atomic E-state index is 0.0194. The van der Waals surface area contributed by atoms with Crippen LogP contribution in [0.4, 0.5) is 5.69 Å². The zero-order valence-corrected chi connectivity index (χ0v) is 13.6. The molecule has 22 heavy (non-hydrogen) atoms. The van der Waals surface area contributed by atoms with E-state index in [1.807, 2.05) is 12.1 Å². The zero-order chi connectivity index (χ0) is 15.4. The van der Waals surface area contributed by atoms with Crippen molar-refractivity contribution in [1.82, 2.24) is 0 Å². The van der Waals surface area contributed by atoms with E-state index in [0.717, 1.165) is 12.1 Å². The first-order chi connectivity index (χ1) is 10.7. The fourth-order valence-corrected chi connectivity index (χ4v) is 4.07. The molecule has 1 aromatic rings. The largest absolute Gasteiger partial charge is 0.368 e. The maximum Gasteiger partial charge on any atom is 0.253 e. The van der Waals surface area contributed by atoms with Crippen LogP contribution in [-0.2, 0) is 9.53 Å². The maximum atomic E-state index is 12.6. The molecule has 0 radical (unpaired) electrons. The zero-order valence-electron chi connectivity index (χ0n) is 12.9. The fraction of sp³-hybridized carbons (Fsp3) is 0.611. The Labute approximate surface area is 137 Å². The second-order valence-corrected chi connectivity index (χ2v) is 6.93. The Kier molecular flexibility index (Phi) is 5.37. The third-order valence-electron chi connectivity index (χ3n) is 4.99. The highest BCUT2D eigenvalue weighted by atomic mass is 35.5. The van der Waals surface area contributed by atoms with Crippen molar-refractivity contribution in [2.24, 2.45) is 11.8 Å². The van der Waals surface area contributed by atoms with Crippen LogP contribution in [0.15, 0.2) is 24.3 Å². The van der Waals surface area contributed by atoms with Gasteiger partial charge in [-0.3, -0.25) is 4.79 Å². The van der Waals surface area contributed by atoms with E-state index in [2.05, 4.69) is 5.32 Å². The number of anilines is 1. The first-order valence-corrected chi connectivity index (χ1v) is 8.80. The molecule has 3 rings (SSSR count). The number of ether oxygens (including phenoxy) is 1. The Balaban J connectivity index is 1.65. The molecule has 2 aliphatic rings. The molecule has 1 heterocycles. The highest BCUT2D eigenvalue weighted by molar-refractivity contribution is 6.30. The van der Waals surface area contributed by atoms with Crippen molar-refractivity contribution in [3.05, 3.63) is 29.3 Å². The number of nitrogens with one attached hydrogen (secondary N) is 1. The number of rotatable bonds is 3. The first kappa shape index (κ1) is 15.8. The number of hydrogen-bond donors (Lipinski definition) is 1. The summed E-state index contributed by atoms with van der Waals surface area (Å²) in [5, 5.41) is 3.59. The lowest BCUT2D eigenvalue weighted by molar-refractivity contribution is -0.127. The van der Waals surface area contributed by atoms with Gasteiger partial charge in [0.2, 0.25) is 0 Å². The quantitative estimate of drug-likeness (QED) is 0.823. The third-order valence-corrected chi connectivity index (χ3v) is 5.23. The van der Waals surface area contributed by atoms with E-state index in [-0.39, 0.29) is 12.0 Å². The molecule has 2 unspecified atom stereocenters. The molecule has 1 aromatic carbocycles. The van der Waals surface area contributed by atoms with Crippen LogP contribution >= 0.6 is 11.6 Å². The topological polar surface area (TPSA) is 38.3 Å². The van der Waals surface area contributed by atoms with E-state index < -0.39 is 0 Å². The highest BCUT2D eigenvalue weighted by Crippen LogP contribution is 2.37. The van der Waals surface area contributed by atoms with Crippen LogP contribution in [0.1, 0.15) is 44.9 Å². The van der Waals surface area contributed by atoms with Crippen LogP contribution < -0.4 is 5.32 Å². The average molecular weight is 322 g/mol. The van der Waals surface area contributed by atoms with Crippen LogP contribution in [0.25, 0.3) is 0 Å². The van der Waals surface area contributed by atoms with Gasteiger partial charge in [0.1, 0.15) is 6.10 Å². The summed E-state index contributed by atoms with van der Waals surface area (Å²) in [5.74, 6) is 0.992. The van der Waals surface area contributed by atoms with Gasteiger partial charge in [-0.1, -0.05) is 56.2 Å². The molecule has 2 atom stereocenters. The Morgan fingerprint density at radius 1 is 1.14 bits per heavy atom. The van der Waals surface area contributed by atoms with Gasteiger partial charge < -0.3 is 10.1 Å². The molecule has 120 valence electrons. The Bertz CT molecular complexity index is 512. The number of hydrogen-bond acceptors (Lipinski definition) is 2. The van der Waals surface area contributed by atoms with Crippen molar-refractivity contribution in [1.29, 1.82) is 0 Å². The third kappa shape index (κ3) is 3.82. The van der Waals surface area contributed by atoms with Crippen LogP contribution in [0.2, 0.25) is 5.02 Å². The lowest BCUT2D eigenvalue weighted by Crippen LogP contribution is -2.35. The van der Waals surface area contributed by atoms with E-state index >= 15 is 0 Å². The molecule has 0 spiro atoms. The molecule has 1 N–H and O–H groups in total. The van der Waals surface area contributed by atoms with E-state index in [1.54, 1.807) is 12.1 Å². The SMILES string of the molecule is O=C(Nc1cccc(Cl)c1)C1OCCC1C1CCCCCC1. The molecular weight excluding hydrogens is 298 g/mol. The summed E-state index contributed by atoms with van der Waals surface area (Å²) >= 11 is 5.97. The fourth-order valence-electron chi connectivity index (χ4n) is 3.88. The summed E-state index contributed by atoms with van der Waals surface area (Å²) < 4.78 is 5.78. The minimum atomic E-state index is -0.304. The summed E-state index contributed by atoms with van der Waals surface area (Å²) in [6.07, 6.45) is 8.46. The van der Waals surface area contributed by atoms with E-state index in [1.165, 1.54) is 38.5 Å². The van der Waals surface area contributed by atoms with Gasteiger partial charge in [-0.15, -0.1) is 0 Å². The van der Waals surface area contributed by atoms with Gasteiger partial charge in [-0.25, -0.2) is 0 Å². The molecule has 3 nitrogen and oxygen atoms in total. The molecular formula is C18H24ClNO2. The van der Waals surface area contributed by atoms with E-state index in [4.69, 9.17) is 16.3 Å². The van der Waals surface area contributed by atoms with Crippen LogP contribution in [0.5, 0.6) is 0 Å². The Morgan fingerprint density at radius 3 is 2.64 bits per heavy atom. The number of amides is 1. The van der Waals surface area contributed by atoms with E-state index in [0.29, 0.717) is 23.5 Å². The minimum Gasteiger partial charge on any atom is -0.368 e. The Hall–Kier alpha value is -1.06. The first-order valence-electron chi connectivity index (χ1n) is 8.42. The lowest BCUT2D eigenvalue weighted by Gasteiger charge is -2.26. The molecule has 4 heteroatoms. The number of halogens is 1. The van der Waals surface area contributed by atoms with Gasteiger partial charge >= 0.3 is 0 Å². The molecule has 0 aromatic heterocycles. The summed E-state index contributed by atoms with van der Waals surface area (Å²) in [5.41, 5.74) is 0.743. The number of benzene rings is 1.